The molecule has 1 aromatic rings. The highest BCUT2D eigenvalue weighted by molar-refractivity contribution is 7.99. The highest BCUT2D eigenvalue weighted by Crippen LogP contribution is 2.28. The van der Waals surface area contributed by atoms with Crippen LogP contribution in [0.2, 0.25) is 0 Å². The Hall–Kier alpha value is -1.56. The summed E-state index contributed by atoms with van der Waals surface area (Å²) in [6, 6.07) is 4.49. The highest BCUT2D eigenvalue weighted by Gasteiger charge is 2.18. The van der Waals surface area contributed by atoms with E-state index in [0.29, 0.717) is 23.5 Å². The molecular formula is C12H14N2O3S. The Kier molecular flexibility index (Phi) is 4.19. The number of nitrogens with zero attached hydrogens (tertiary/aromatic N) is 1. The molecule has 1 N–H and O–H groups in total. The smallest absolute Gasteiger partial charge is 0.293 e. The second kappa shape index (κ2) is 5.86. The van der Waals surface area contributed by atoms with Crippen LogP contribution in [0.5, 0.6) is 0 Å². The predicted octanol–water partition coefficient (Wildman–Crippen LogP) is 2.57. The van der Waals surface area contributed by atoms with Crippen molar-refractivity contribution in [3.05, 3.63) is 33.9 Å². The lowest BCUT2D eigenvalue weighted by atomic mass is 10.1. The van der Waals surface area contributed by atoms with E-state index in [9.17, 15) is 14.9 Å². The van der Waals surface area contributed by atoms with Crippen LogP contribution in [0, 0.1) is 16.0 Å². The third-order valence-electron chi connectivity index (χ3n) is 2.96. The van der Waals surface area contributed by atoms with Crippen molar-refractivity contribution in [1.82, 2.24) is 0 Å². The first-order valence-electron chi connectivity index (χ1n) is 5.76. The van der Waals surface area contributed by atoms with Crippen LogP contribution < -0.4 is 5.32 Å². The number of hydrogen-bond donors (Lipinski definition) is 1. The number of benzene rings is 1. The van der Waals surface area contributed by atoms with E-state index in [1.807, 2.05) is 11.8 Å². The molecule has 1 aliphatic heterocycles. The normalized spacial score (nSPS) is 18.6. The van der Waals surface area contributed by atoms with Gasteiger partial charge in [-0.1, -0.05) is 0 Å². The minimum atomic E-state index is -0.460. The second-order valence-corrected chi connectivity index (χ2v) is 5.41. The molecule has 1 atom stereocenters. The molecule has 1 fully saturated rings. The zero-order chi connectivity index (χ0) is 13.0. The summed E-state index contributed by atoms with van der Waals surface area (Å²) in [5.74, 6) is 2.84. The number of carbonyl (C=O) groups excluding carboxylic acids is 1. The van der Waals surface area contributed by atoms with Crippen LogP contribution in [-0.4, -0.2) is 29.3 Å². The van der Waals surface area contributed by atoms with Crippen molar-refractivity contribution in [3.63, 3.8) is 0 Å². The summed E-state index contributed by atoms with van der Waals surface area (Å²) in [5.41, 5.74) is 0.774. The minimum Gasteiger partial charge on any atom is -0.379 e. The number of aldehydes is 1. The van der Waals surface area contributed by atoms with Gasteiger partial charge in [-0.25, -0.2) is 0 Å². The molecule has 1 heterocycles. The molecule has 5 nitrogen and oxygen atoms in total. The van der Waals surface area contributed by atoms with E-state index in [0.717, 1.165) is 18.7 Å². The molecule has 0 amide bonds. The van der Waals surface area contributed by atoms with Crippen molar-refractivity contribution >= 4 is 29.4 Å². The standard InChI is InChI=1S/C12H14N2O3S/c15-7-9-1-2-11(12(5-9)14(16)17)13-6-10-3-4-18-8-10/h1-2,5,7,10,13H,3-4,6,8H2. The van der Waals surface area contributed by atoms with Crippen molar-refractivity contribution in [1.29, 1.82) is 0 Å². The lowest BCUT2D eigenvalue weighted by Gasteiger charge is -2.11. The summed E-state index contributed by atoms with van der Waals surface area (Å²) in [4.78, 5) is 21.1. The van der Waals surface area contributed by atoms with E-state index < -0.39 is 4.92 Å². The predicted molar refractivity (Wildman–Crippen MR) is 72.4 cm³/mol. The Morgan fingerprint density at radius 2 is 2.39 bits per heavy atom. The van der Waals surface area contributed by atoms with Crippen LogP contribution in [0.4, 0.5) is 11.4 Å². The summed E-state index contributed by atoms with van der Waals surface area (Å²) in [7, 11) is 0. The molecule has 0 spiro atoms. The Bertz CT molecular complexity index is 459. The number of nitro groups is 1. The highest BCUT2D eigenvalue weighted by atomic mass is 32.2. The van der Waals surface area contributed by atoms with Gasteiger partial charge in [-0.3, -0.25) is 14.9 Å². The first-order chi connectivity index (χ1) is 8.70. The molecular weight excluding hydrogens is 252 g/mol. The molecule has 2 rings (SSSR count). The molecule has 1 aromatic carbocycles. The third-order valence-corrected chi connectivity index (χ3v) is 4.19. The van der Waals surface area contributed by atoms with E-state index in [-0.39, 0.29) is 5.69 Å². The van der Waals surface area contributed by atoms with Gasteiger partial charge in [0.15, 0.2) is 0 Å². The van der Waals surface area contributed by atoms with E-state index >= 15 is 0 Å². The van der Waals surface area contributed by atoms with Crippen molar-refractivity contribution in [3.8, 4) is 0 Å². The van der Waals surface area contributed by atoms with Gasteiger partial charge in [0.1, 0.15) is 12.0 Å². The zero-order valence-corrected chi connectivity index (χ0v) is 10.6. The van der Waals surface area contributed by atoms with Gasteiger partial charge >= 0.3 is 0 Å². The summed E-state index contributed by atoms with van der Waals surface area (Å²) in [6.07, 6.45) is 1.77. The van der Waals surface area contributed by atoms with Crippen LogP contribution in [0.15, 0.2) is 18.2 Å². The number of nitrogens with one attached hydrogen (secondary N) is 1. The monoisotopic (exact) mass is 266 g/mol. The fraction of sp³-hybridized carbons (Fsp3) is 0.417. The second-order valence-electron chi connectivity index (χ2n) is 4.26. The maximum atomic E-state index is 10.9. The maximum Gasteiger partial charge on any atom is 0.293 e. The Morgan fingerprint density at radius 3 is 3.00 bits per heavy atom. The van der Waals surface area contributed by atoms with Gasteiger partial charge in [-0.2, -0.15) is 11.8 Å². The summed E-state index contributed by atoms with van der Waals surface area (Å²) in [5, 5.41) is 14.0. The number of nitro benzene ring substituents is 1. The molecule has 6 heteroatoms. The van der Waals surface area contributed by atoms with Crippen LogP contribution in [0.3, 0.4) is 0 Å². The van der Waals surface area contributed by atoms with E-state index in [2.05, 4.69) is 5.32 Å². The first kappa shape index (κ1) is 12.9. The first-order valence-corrected chi connectivity index (χ1v) is 6.91. The quantitative estimate of drug-likeness (QED) is 0.504. The molecule has 96 valence electrons. The van der Waals surface area contributed by atoms with Gasteiger partial charge in [0.2, 0.25) is 0 Å². The average molecular weight is 266 g/mol. The molecule has 0 aromatic heterocycles. The Labute approximate surface area is 109 Å². The number of anilines is 1. The zero-order valence-electron chi connectivity index (χ0n) is 9.80. The van der Waals surface area contributed by atoms with Gasteiger partial charge in [-0.15, -0.1) is 0 Å². The SMILES string of the molecule is O=Cc1ccc(NCC2CCSC2)c([N+](=O)[O-])c1. The lowest BCUT2D eigenvalue weighted by Crippen LogP contribution is -2.14. The average Bonchev–Trinajstić information content (AvgIpc) is 2.89. The third kappa shape index (κ3) is 3.01. The molecule has 1 aliphatic rings. The number of hydrogen-bond acceptors (Lipinski definition) is 5. The van der Waals surface area contributed by atoms with Crippen LogP contribution in [-0.2, 0) is 0 Å². The molecule has 1 saturated heterocycles. The Balaban J connectivity index is 2.10. The molecule has 0 radical (unpaired) electrons. The van der Waals surface area contributed by atoms with Crippen LogP contribution in [0.25, 0.3) is 0 Å². The van der Waals surface area contributed by atoms with Gasteiger partial charge in [0, 0.05) is 18.2 Å². The van der Waals surface area contributed by atoms with Crippen LogP contribution in [0.1, 0.15) is 16.8 Å². The van der Waals surface area contributed by atoms with Crippen molar-refractivity contribution < 1.29 is 9.72 Å². The Morgan fingerprint density at radius 1 is 1.56 bits per heavy atom. The molecule has 0 bridgehead atoms. The number of rotatable bonds is 5. The topological polar surface area (TPSA) is 72.2 Å². The molecule has 1 unspecified atom stereocenters. The van der Waals surface area contributed by atoms with Gasteiger partial charge in [0.25, 0.3) is 5.69 Å². The fourth-order valence-corrected chi connectivity index (χ4v) is 3.21. The van der Waals surface area contributed by atoms with E-state index in [4.69, 9.17) is 0 Å². The number of thioether (sulfide) groups is 1. The largest absolute Gasteiger partial charge is 0.379 e. The van der Waals surface area contributed by atoms with Gasteiger partial charge in [0.05, 0.1) is 4.92 Å². The van der Waals surface area contributed by atoms with Gasteiger partial charge < -0.3 is 5.32 Å². The number of carbonyl (C=O) groups is 1. The molecule has 0 saturated carbocycles. The van der Waals surface area contributed by atoms with Crippen molar-refractivity contribution in [2.45, 2.75) is 6.42 Å². The molecule has 18 heavy (non-hydrogen) atoms. The van der Waals surface area contributed by atoms with Gasteiger partial charge in [-0.05, 0) is 36.0 Å². The van der Waals surface area contributed by atoms with E-state index in [1.54, 1.807) is 12.1 Å². The van der Waals surface area contributed by atoms with E-state index in [1.165, 1.54) is 11.8 Å². The van der Waals surface area contributed by atoms with Crippen molar-refractivity contribution in [2.75, 3.05) is 23.4 Å². The van der Waals surface area contributed by atoms with Crippen LogP contribution >= 0.6 is 11.8 Å². The maximum absolute atomic E-state index is 10.9. The summed E-state index contributed by atoms with van der Waals surface area (Å²) in [6.45, 7) is 0.744. The summed E-state index contributed by atoms with van der Waals surface area (Å²) >= 11 is 1.91. The molecule has 0 aliphatic carbocycles. The summed E-state index contributed by atoms with van der Waals surface area (Å²) < 4.78 is 0. The minimum absolute atomic E-state index is 0.0368. The van der Waals surface area contributed by atoms with Crippen molar-refractivity contribution in [2.24, 2.45) is 5.92 Å². The fourth-order valence-electron chi connectivity index (χ4n) is 1.92. The lowest BCUT2D eigenvalue weighted by molar-refractivity contribution is -0.384.